The Morgan fingerprint density at radius 3 is 2.61 bits per heavy atom. The van der Waals surface area contributed by atoms with Gasteiger partial charge >= 0.3 is 5.97 Å². The molecule has 0 spiro atoms. The summed E-state index contributed by atoms with van der Waals surface area (Å²) < 4.78 is 31.1. The van der Waals surface area contributed by atoms with Crippen LogP contribution in [0.3, 0.4) is 0 Å². The van der Waals surface area contributed by atoms with Gasteiger partial charge in [0, 0.05) is 6.54 Å². The second kappa shape index (κ2) is 7.34. The summed E-state index contributed by atoms with van der Waals surface area (Å²) in [5.41, 5.74) is 1.37. The molecule has 0 bridgehead atoms. The zero-order valence-electron chi connectivity index (χ0n) is 12.8. The topological polar surface area (TPSA) is 103 Å². The smallest absolute Gasteiger partial charge is 0.338 e. The number of nitrogens with one attached hydrogen (secondary N) is 1. The van der Waals surface area contributed by atoms with Crippen molar-refractivity contribution in [1.29, 1.82) is 0 Å². The van der Waals surface area contributed by atoms with Crippen LogP contribution in [0, 0.1) is 0 Å². The predicted octanol–water partition coefficient (Wildman–Crippen LogP) is 0.421. The molecular formula is C14H18N4O4S. The SMILES string of the molecule is CC(CNS(C)(=O)=O)OC(=O)c1ccc(Cn2cncn2)cc1. The second-order valence-electron chi connectivity index (χ2n) is 5.13. The summed E-state index contributed by atoms with van der Waals surface area (Å²) in [6.45, 7) is 2.22. The average Bonchev–Trinajstić information content (AvgIpc) is 2.98. The molecule has 0 aliphatic carbocycles. The Bertz CT molecular complexity index is 742. The van der Waals surface area contributed by atoms with E-state index in [0.717, 1.165) is 11.8 Å². The third kappa shape index (κ3) is 5.80. The fourth-order valence-corrected chi connectivity index (χ4v) is 2.35. The van der Waals surface area contributed by atoms with Gasteiger partial charge in [0.05, 0.1) is 18.4 Å². The summed E-state index contributed by atoms with van der Waals surface area (Å²) in [5.74, 6) is -0.500. The molecule has 0 radical (unpaired) electrons. The third-order valence-corrected chi connectivity index (χ3v) is 3.63. The van der Waals surface area contributed by atoms with E-state index < -0.39 is 22.1 Å². The van der Waals surface area contributed by atoms with Gasteiger partial charge in [0.25, 0.3) is 0 Å². The molecule has 0 aliphatic rings. The molecule has 23 heavy (non-hydrogen) atoms. The van der Waals surface area contributed by atoms with E-state index in [2.05, 4.69) is 14.8 Å². The molecule has 9 heteroatoms. The van der Waals surface area contributed by atoms with Gasteiger partial charge < -0.3 is 4.74 Å². The Kier molecular flexibility index (Phi) is 5.45. The molecule has 0 amide bonds. The molecular weight excluding hydrogens is 320 g/mol. The molecule has 1 heterocycles. The van der Waals surface area contributed by atoms with E-state index in [-0.39, 0.29) is 6.54 Å². The maximum Gasteiger partial charge on any atom is 0.338 e. The molecule has 0 saturated carbocycles. The van der Waals surface area contributed by atoms with Gasteiger partial charge in [-0.3, -0.25) is 0 Å². The summed E-state index contributed by atoms with van der Waals surface area (Å²) in [5, 5.41) is 4.01. The van der Waals surface area contributed by atoms with Crippen LogP contribution in [0.25, 0.3) is 0 Å². The predicted molar refractivity (Wildman–Crippen MR) is 83.3 cm³/mol. The Hall–Kier alpha value is -2.26. The largest absolute Gasteiger partial charge is 0.458 e. The summed E-state index contributed by atoms with van der Waals surface area (Å²) >= 11 is 0. The maximum absolute atomic E-state index is 12.0. The minimum Gasteiger partial charge on any atom is -0.458 e. The van der Waals surface area contributed by atoms with Crippen LogP contribution in [-0.2, 0) is 21.3 Å². The van der Waals surface area contributed by atoms with Gasteiger partial charge in [-0.2, -0.15) is 5.10 Å². The first-order chi connectivity index (χ1) is 10.8. The number of hydrogen-bond acceptors (Lipinski definition) is 6. The van der Waals surface area contributed by atoms with Crippen molar-refractivity contribution >= 4 is 16.0 Å². The number of nitrogens with zero attached hydrogens (tertiary/aromatic N) is 3. The summed E-state index contributed by atoms with van der Waals surface area (Å²) in [4.78, 5) is 15.8. The van der Waals surface area contributed by atoms with E-state index in [9.17, 15) is 13.2 Å². The number of carbonyl (C=O) groups is 1. The molecule has 0 fully saturated rings. The van der Waals surface area contributed by atoms with E-state index >= 15 is 0 Å². The number of benzene rings is 1. The van der Waals surface area contributed by atoms with Crippen molar-refractivity contribution in [3.8, 4) is 0 Å². The molecule has 8 nitrogen and oxygen atoms in total. The van der Waals surface area contributed by atoms with E-state index in [1.54, 1.807) is 42.2 Å². The average molecular weight is 338 g/mol. The van der Waals surface area contributed by atoms with E-state index in [4.69, 9.17) is 4.74 Å². The number of ether oxygens (including phenoxy) is 1. The first-order valence-corrected chi connectivity index (χ1v) is 8.79. The number of esters is 1. The van der Waals surface area contributed by atoms with Gasteiger partial charge in [-0.25, -0.2) is 27.6 Å². The van der Waals surface area contributed by atoms with Crippen LogP contribution in [0.5, 0.6) is 0 Å². The number of hydrogen-bond donors (Lipinski definition) is 1. The van der Waals surface area contributed by atoms with Crippen molar-refractivity contribution in [2.75, 3.05) is 12.8 Å². The molecule has 1 aromatic heterocycles. The van der Waals surface area contributed by atoms with Gasteiger partial charge in [0.2, 0.25) is 10.0 Å². The van der Waals surface area contributed by atoms with Crippen LogP contribution in [-0.4, -0.2) is 48.1 Å². The highest BCUT2D eigenvalue weighted by Gasteiger charge is 2.13. The molecule has 0 saturated heterocycles. The minimum atomic E-state index is -3.30. The lowest BCUT2D eigenvalue weighted by molar-refractivity contribution is 0.0352. The molecule has 124 valence electrons. The third-order valence-electron chi connectivity index (χ3n) is 2.94. The van der Waals surface area contributed by atoms with Gasteiger partial charge in [0.15, 0.2) is 0 Å². The normalized spacial score (nSPS) is 12.8. The Morgan fingerprint density at radius 1 is 1.35 bits per heavy atom. The van der Waals surface area contributed by atoms with Crippen LogP contribution in [0.4, 0.5) is 0 Å². The summed E-state index contributed by atoms with van der Waals surface area (Å²) in [7, 11) is -3.30. The van der Waals surface area contributed by atoms with Gasteiger partial charge in [-0.1, -0.05) is 12.1 Å². The monoisotopic (exact) mass is 338 g/mol. The van der Waals surface area contributed by atoms with Crippen LogP contribution in [0.15, 0.2) is 36.9 Å². The quantitative estimate of drug-likeness (QED) is 0.734. The zero-order chi connectivity index (χ0) is 16.9. The second-order valence-corrected chi connectivity index (χ2v) is 6.96. The number of rotatable bonds is 7. The number of carbonyl (C=O) groups excluding carboxylic acids is 1. The molecule has 1 aromatic carbocycles. The van der Waals surface area contributed by atoms with E-state index in [1.165, 1.54) is 6.33 Å². The minimum absolute atomic E-state index is 0.0367. The molecule has 1 atom stereocenters. The fourth-order valence-electron chi connectivity index (χ4n) is 1.81. The maximum atomic E-state index is 12.0. The Labute approximate surface area is 134 Å². The van der Waals surface area contributed by atoms with Crippen molar-refractivity contribution in [2.45, 2.75) is 19.6 Å². The molecule has 0 aliphatic heterocycles. The van der Waals surface area contributed by atoms with Crippen LogP contribution in [0.2, 0.25) is 0 Å². The Balaban J connectivity index is 1.89. The lowest BCUT2D eigenvalue weighted by atomic mass is 10.1. The van der Waals surface area contributed by atoms with Crippen molar-refractivity contribution in [3.63, 3.8) is 0 Å². The highest BCUT2D eigenvalue weighted by molar-refractivity contribution is 7.88. The van der Waals surface area contributed by atoms with Gasteiger partial charge in [-0.15, -0.1) is 0 Å². The fraction of sp³-hybridized carbons (Fsp3) is 0.357. The van der Waals surface area contributed by atoms with E-state index in [1.807, 2.05) is 0 Å². The van der Waals surface area contributed by atoms with Crippen LogP contribution >= 0.6 is 0 Å². The Morgan fingerprint density at radius 2 is 2.04 bits per heavy atom. The van der Waals surface area contributed by atoms with Crippen molar-refractivity contribution in [2.24, 2.45) is 0 Å². The first kappa shape index (κ1) is 17.1. The highest BCUT2D eigenvalue weighted by Crippen LogP contribution is 2.08. The van der Waals surface area contributed by atoms with Gasteiger partial charge in [-0.05, 0) is 24.6 Å². The molecule has 1 N–H and O–H groups in total. The summed E-state index contributed by atoms with van der Waals surface area (Å²) in [6, 6.07) is 6.92. The van der Waals surface area contributed by atoms with Crippen molar-refractivity contribution in [3.05, 3.63) is 48.0 Å². The molecule has 2 aromatic rings. The van der Waals surface area contributed by atoms with Gasteiger partial charge in [0.1, 0.15) is 18.8 Å². The lowest BCUT2D eigenvalue weighted by Crippen LogP contribution is -2.32. The molecule has 2 rings (SSSR count). The number of sulfonamides is 1. The first-order valence-electron chi connectivity index (χ1n) is 6.90. The highest BCUT2D eigenvalue weighted by atomic mass is 32.2. The summed E-state index contributed by atoms with van der Waals surface area (Å²) in [6.07, 6.45) is 3.55. The lowest BCUT2D eigenvalue weighted by Gasteiger charge is -2.13. The number of aromatic nitrogens is 3. The standard InChI is InChI=1S/C14H18N4O4S/c1-11(7-17-23(2,20)21)22-14(19)13-5-3-12(4-6-13)8-18-10-15-9-16-18/h3-6,9-11,17H,7-8H2,1-2H3. The van der Waals surface area contributed by atoms with Crippen LogP contribution in [0.1, 0.15) is 22.8 Å². The molecule has 1 unspecified atom stereocenters. The van der Waals surface area contributed by atoms with E-state index in [0.29, 0.717) is 12.1 Å². The van der Waals surface area contributed by atoms with Crippen molar-refractivity contribution < 1.29 is 17.9 Å². The van der Waals surface area contributed by atoms with Crippen molar-refractivity contribution in [1.82, 2.24) is 19.5 Å². The zero-order valence-corrected chi connectivity index (χ0v) is 13.7. The van der Waals surface area contributed by atoms with Crippen LogP contribution < -0.4 is 4.72 Å².